The maximum atomic E-state index is 6.69. The van der Waals surface area contributed by atoms with E-state index in [4.69, 9.17) is 21.8 Å². The van der Waals surface area contributed by atoms with E-state index in [0.717, 1.165) is 11.4 Å². The van der Waals surface area contributed by atoms with E-state index in [-0.39, 0.29) is 0 Å². The summed E-state index contributed by atoms with van der Waals surface area (Å²) in [4.78, 5) is 0. The van der Waals surface area contributed by atoms with Crippen LogP contribution >= 0.6 is 0 Å². The minimum Gasteiger partial charge on any atom is -0.381 e. The molecule has 0 heterocycles. The molecular weight excluding hydrogens is 428 g/mol. The molecule has 0 aliphatic rings. The molecule has 0 amide bonds. The van der Waals surface area contributed by atoms with Crippen LogP contribution in [0.25, 0.3) is 0 Å². The standard InChI is InChI=1S/C22H36N2O5Si2/c1-5-25-30(26-6-2,19-23-21-15-11-9-12-16-21)29-31(27-7-3,28-8-4)20-24-22-17-13-10-14-18-22/h9-18,23-24H,5-8,19-20H2,1-4H3. The fourth-order valence-corrected chi connectivity index (χ4v) is 9.72. The molecule has 0 radical (unpaired) electrons. The van der Waals surface area contributed by atoms with Crippen molar-refractivity contribution in [2.24, 2.45) is 0 Å². The first-order valence-corrected chi connectivity index (χ1v) is 14.8. The molecule has 9 heteroatoms. The van der Waals surface area contributed by atoms with Gasteiger partial charge in [0.2, 0.25) is 0 Å². The molecule has 0 saturated heterocycles. The van der Waals surface area contributed by atoms with Crippen molar-refractivity contribution >= 4 is 29.0 Å². The highest BCUT2D eigenvalue weighted by Gasteiger charge is 2.54. The van der Waals surface area contributed by atoms with Crippen LogP contribution < -0.4 is 10.6 Å². The van der Waals surface area contributed by atoms with Crippen molar-refractivity contribution in [3.8, 4) is 0 Å². The van der Waals surface area contributed by atoms with Crippen molar-refractivity contribution in [3.05, 3.63) is 60.7 Å². The van der Waals surface area contributed by atoms with E-state index in [1.54, 1.807) is 0 Å². The van der Waals surface area contributed by atoms with Gasteiger partial charge in [0.05, 0.1) is 12.3 Å². The Morgan fingerprint density at radius 2 is 0.871 bits per heavy atom. The molecule has 0 unspecified atom stereocenters. The van der Waals surface area contributed by atoms with Crippen LogP contribution in [0.2, 0.25) is 0 Å². The van der Waals surface area contributed by atoms with Crippen LogP contribution in [0, 0.1) is 0 Å². The van der Waals surface area contributed by atoms with Gasteiger partial charge in [-0.3, -0.25) is 0 Å². The molecule has 2 aromatic carbocycles. The zero-order valence-corrected chi connectivity index (χ0v) is 21.1. The van der Waals surface area contributed by atoms with Gasteiger partial charge in [0.1, 0.15) is 0 Å². The third kappa shape index (κ3) is 8.38. The van der Waals surface area contributed by atoms with Gasteiger partial charge in [-0.05, 0) is 52.0 Å². The number of hydrogen-bond donors (Lipinski definition) is 2. The average Bonchev–Trinajstić information content (AvgIpc) is 2.79. The monoisotopic (exact) mass is 464 g/mol. The lowest BCUT2D eigenvalue weighted by Crippen LogP contribution is -2.64. The van der Waals surface area contributed by atoms with Crippen LogP contribution in [-0.2, 0) is 21.8 Å². The zero-order valence-electron chi connectivity index (χ0n) is 19.1. The molecule has 2 rings (SSSR count). The van der Waals surface area contributed by atoms with Crippen LogP contribution in [0.4, 0.5) is 11.4 Å². The van der Waals surface area contributed by atoms with Crippen molar-refractivity contribution in [2.45, 2.75) is 27.7 Å². The van der Waals surface area contributed by atoms with Crippen LogP contribution in [0.15, 0.2) is 60.7 Å². The highest BCUT2D eigenvalue weighted by molar-refractivity contribution is 6.75. The first kappa shape index (κ1) is 25.5. The van der Waals surface area contributed by atoms with E-state index in [1.165, 1.54) is 0 Å². The fourth-order valence-electron chi connectivity index (χ4n) is 3.13. The van der Waals surface area contributed by atoms with Gasteiger partial charge in [0.25, 0.3) is 0 Å². The Hall–Kier alpha value is -1.73. The van der Waals surface area contributed by atoms with E-state index >= 15 is 0 Å². The fraction of sp³-hybridized carbons (Fsp3) is 0.455. The van der Waals surface area contributed by atoms with Gasteiger partial charge in [-0.2, -0.15) is 0 Å². The zero-order chi connectivity index (χ0) is 22.4. The molecule has 2 aromatic rings. The summed E-state index contributed by atoms with van der Waals surface area (Å²) in [6.45, 7) is 9.65. The lowest BCUT2D eigenvalue weighted by atomic mass is 10.3. The molecule has 31 heavy (non-hydrogen) atoms. The molecule has 172 valence electrons. The predicted molar refractivity (Wildman–Crippen MR) is 129 cm³/mol. The second-order valence-corrected chi connectivity index (χ2v) is 12.0. The smallest absolute Gasteiger partial charge is 0.381 e. The lowest BCUT2D eigenvalue weighted by molar-refractivity contribution is 0.0528. The summed E-state index contributed by atoms with van der Waals surface area (Å²) in [7, 11) is -6.33. The van der Waals surface area contributed by atoms with E-state index < -0.39 is 17.6 Å². The topological polar surface area (TPSA) is 70.2 Å². The normalized spacial score (nSPS) is 12.0. The van der Waals surface area contributed by atoms with Gasteiger partial charge in [0, 0.05) is 37.8 Å². The van der Waals surface area contributed by atoms with Gasteiger partial charge in [-0.15, -0.1) is 0 Å². The van der Waals surface area contributed by atoms with Gasteiger partial charge in [0.15, 0.2) is 0 Å². The summed E-state index contributed by atoms with van der Waals surface area (Å²) < 4.78 is 31.4. The summed E-state index contributed by atoms with van der Waals surface area (Å²) >= 11 is 0. The third-order valence-corrected chi connectivity index (χ3v) is 11.0. The Bertz CT molecular complexity index is 651. The molecule has 2 N–H and O–H groups in total. The third-order valence-electron chi connectivity index (χ3n) is 4.33. The number of hydrogen-bond acceptors (Lipinski definition) is 7. The maximum absolute atomic E-state index is 6.69. The molecule has 0 bridgehead atoms. The second kappa shape index (κ2) is 13.6. The Morgan fingerprint density at radius 3 is 1.16 bits per heavy atom. The van der Waals surface area contributed by atoms with Gasteiger partial charge in [-0.1, -0.05) is 36.4 Å². The van der Waals surface area contributed by atoms with Crippen LogP contribution in [0.5, 0.6) is 0 Å². The second-order valence-electron chi connectivity index (χ2n) is 6.64. The van der Waals surface area contributed by atoms with Crippen LogP contribution in [-0.4, -0.2) is 56.4 Å². The number of benzene rings is 2. The Kier molecular flexibility index (Phi) is 11.2. The lowest BCUT2D eigenvalue weighted by Gasteiger charge is -2.38. The number of para-hydroxylation sites is 2. The Labute approximate surface area is 188 Å². The largest absolute Gasteiger partial charge is 0.513 e. The van der Waals surface area contributed by atoms with Gasteiger partial charge < -0.3 is 32.5 Å². The molecule has 0 spiro atoms. The van der Waals surface area contributed by atoms with Crippen LogP contribution in [0.3, 0.4) is 0 Å². The summed E-state index contributed by atoms with van der Waals surface area (Å²) in [5.41, 5.74) is 1.95. The highest BCUT2D eigenvalue weighted by atomic mass is 28.5. The molecule has 0 aliphatic heterocycles. The van der Waals surface area contributed by atoms with E-state index in [1.807, 2.05) is 88.4 Å². The number of nitrogens with one attached hydrogen (secondary N) is 2. The molecule has 0 atom stereocenters. The molecule has 0 saturated carbocycles. The summed E-state index contributed by atoms with van der Waals surface area (Å²) in [5, 5.41) is 6.83. The quantitative estimate of drug-likeness (QED) is 0.358. The first-order valence-electron chi connectivity index (χ1n) is 10.9. The molecular formula is C22H36N2O5Si2. The van der Waals surface area contributed by atoms with Crippen molar-refractivity contribution in [1.29, 1.82) is 0 Å². The average molecular weight is 465 g/mol. The van der Waals surface area contributed by atoms with Gasteiger partial charge >= 0.3 is 17.6 Å². The van der Waals surface area contributed by atoms with E-state index in [2.05, 4.69) is 10.6 Å². The van der Waals surface area contributed by atoms with E-state index in [0.29, 0.717) is 38.8 Å². The Morgan fingerprint density at radius 1 is 0.548 bits per heavy atom. The SMILES string of the molecule is CCO[Si](CNc1ccccc1)(OCC)O[Si](CNc1ccccc1)(OCC)OCC. The predicted octanol–water partition coefficient (Wildman–Crippen LogP) is 4.33. The number of anilines is 2. The molecule has 0 aromatic heterocycles. The number of rotatable bonds is 16. The highest BCUT2D eigenvalue weighted by Crippen LogP contribution is 2.22. The van der Waals surface area contributed by atoms with Crippen molar-refractivity contribution in [1.82, 2.24) is 0 Å². The van der Waals surface area contributed by atoms with Gasteiger partial charge in [-0.25, -0.2) is 0 Å². The first-order chi connectivity index (χ1) is 15.1. The van der Waals surface area contributed by atoms with E-state index in [9.17, 15) is 0 Å². The summed E-state index contributed by atoms with van der Waals surface area (Å²) in [5.74, 6) is 0. The van der Waals surface area contributed by atoms with Crippen LogP contribution in [0.1, 0.15) is 27.7 Å². The van der Waals surface area contributed by atoms with Crippen molar-refractivity contribution < 1.29 is 21.8 Å². The minimum atomic E-state index is -3.17. The minimum absolute atomic E-state index is 0.416. The molecule has 0 aliphatic carbocycles. The summed E-state index contributed by atoms with van der Waals surface area (Å²) in [6, 6.07) is 19.9. The molecule has 7 nitrogen and oxygen atoms in total. The summed E-state index contributed by atoms with van der Waals surface area (Å²) in [6.07, 6.45) is 0.831. The molecule has 0 fully saturated rings. The van der Waals surface area contributed by atoms with Crippen molar-refractivity contribution in [3.63, 3.8) is 0 Å². The maximum Gasteiger partial charge on any atom is 0.513 e. The Balaban J connectivity index is 2.27. The van der Waals surface area contributed by atoms with Crippen molar-refractivity contribution in [2.75, 3.05) is 49.4 Å².